The normalized spacial score (nSPS) is 13.6. The monoisotopic (exact) mass is 381 g/mol. The van der Waals surface area contributed by atoms with Crippen LogP contribution >= 0.6 is 15.9 Å². The van der Waals surface area contributed by atoms with Crippen molar-refractivity contribution in [2.75, 3.05) is 25.4 Å². The van der Waals surface area contributed by atoms with Crippen molar-refractivity contribution in [1.29, 1.82) is 0 Å². The summed E-state index contributed by atoms with van der Waals surface area (Å²) in [5.41, 5.74) is 5.76. The van der Waals surface area contributed by atoms with Crippen LogP contribution in [0.2, 0.25) is 0 Å². The minimum Gasteiger partial charge on any atom is -0.399 e. The summed E-state index contributed by atoms with van der Waals surface area (Å²) < 4.78 is 41.1. The number of likely N-dealkylation sites (N-methyl/N-ethyl adjacent to an activating group) is 1. The summed E-state index contributed by atoms with van der Waals surface area (Å²) in [4.78, 5) is 1.64. The molecular weight excluding hydrogens is 361 g/mol. The summed E-state index contributed by atoms with van der Waals surface area (Å²) in [5, 5.41) is 0. The van der Waals surface area contributed by atoms with E-state index in [1.807, 2.05) is 13.8 Å². The third-order valence-electron chi connectivity index (χ3n) is 3.09. The lowest BCUT2D eigenvalue weighted by molar-refractivity contribution is 0.282. The zero-order valence-electron chi connectivity index (χ0n) is 12.4. The molecule has 1 atom stereocenters. The van der Waals surface area contributed by atoms with Gasteiger partial charge in [0.2, 0.25) is 10.0 Å². The highest BCUT2D eigenvalue weighted by Gasteiger charge is 2.24. The van der Waals surface area contributed by atoms with Gasteiger partial charge in [-0.2, -0.15) is 0 Å². The molecule has 0 aliphatic rings. The van der Waals surface area contributed by atoms with Gasteiger partial charge in [-0.1, -0.05) is 13.8 Å². The predicted molar refractivity (Wildman–Crippen MR) is 86.1 cm³/mol. The van der Waals surface area contributed by atoms with Crippen LogP contribution in [0.3, 0.4) is 0 Å². The lowest BCUT2D eigenvalue weighted by Crippen LogP contribution is -2.42. The Labute approximate surface area is 133 Å². The fourth-order valence-corrected chi connectivity index (χ4v) is 3.99. The molecule has 21 heavy (non-hydrogen) atoms. The lowest BCUT2D eigenvalue weighted by Gasteiger charge is -2.23. The zero-order valence-corrected chi connectivity index (χ0v) is 14.8. The second-order valence-corrected chi connectivity index (χ2v) is 7.36. The fourth-order valence-electron chi connectivity index (χ4n) is 2.01. The molecule has 0 saturated heterocycles. The molecule has 1 rings (SSSR count). The highest BCUT2D eigenvalue weighted by Crippen LogP contribution is 2.26. The Morgan fingerprint density at radius 1 is 1.38 bits per heavy atom. The largest absolute Gasteiger partial charge is 0.399 e. The highest BCUT2D eigenvalue weighted by atomic mass is 79.9. The van der Waals surface area contributed by atoms with Crippen LogP contribution in [0.1, 0.15) is 20.8 Å². The number of sulfonamides is 1. The van der Waals surface area contributed by atoms with E-state index in [1.165, 1.54) is 6.07 Å². The molecule has 0 saturated carbocycles. The Morgan fingerprint density at radius 3 is 2.48 bits per heavy atom. The first-order valence-electron chi connectivity index (χ1n) is 6.70. The van der Waals surface area contributed by atoms with Crippen LogP contribution in [-0.2, 0) is 10.0 Å². The molecule has 0 aliphatic carbocycles. The van der Waals surface area contributed by atoms with E-state index in [9.17, 15) is 12.8 Å². The van der Waals surface area contributed by atoms with Crippen molar-refractivity contribution >= 4 is 31.6 Å². The standard InChI is InChI=1S/C13H21BrFN3O2S/c1-4-18(5-2)8-9(3)17-21(19,20)12-7-10(16)6-11(14)13(12)15/h6-7,9,17H,4-5,8,16H2,1-3H3. The number of benzene rings is 1. The Hall–Kier alpha value is -0.700. The number of hydrogen-bond acceptors (Lipinski definition) is 4. The quantitative estimate of drug-likeness (QED) is 0.709. The maximum absolute atomic E-state index is 14.0. The Morgan fingerprint density at radius 2 is 1.95 bits per heavy atom. The zero-order chi connectivity index (χ0) is 16.2. The van der Waals surface area contributed by atoms with Crippen molar-refractivity contribution in [2.45, 2.75) is 31.7 Å². The molecule has 1 aromatic carbocycles. The topological polar surface area (TPSA) is 75.4 Å². The molecule has 8 heteroatoms. The van der Waals surface area contributed by atoms with Crippen molar-refractivity contribution in [3.63, 3.8) is 0 Å². The maximum atomic E-state index is 14.0. The second-order valence-electron chi connectivity index (χ2n) is 4.82. The van der Waals surface area contributed by atoms with Gasteiger partial charge < -0.3 is 10.6 Å². The van der Waals surface area contributed by atoms with Gasteiger partial charge in [0.1, 0.15) is 4.90 Å². The Kier molecular flexibility index (Phi) is 6.58. The van der Waals surface area contributed by atoms with E-state index >= 15 is 0 Å². The van der Waals surface area contributed by atoms with E-state index in [4.69, 9.17) is 5.73 Å². The number of nitrogens with one attached hydrogen (secondary N) is 1. The van der Waals surface area contributed by atoms with Gasteiger partial charge in [-0.3, -0.25) is 0 Å². The minimum atomic E-state index is -3.96. The van der Waals surface area contributed by atoms with Crippen LogP contribution in [0.4, 0.5) is 10.1 Å². The van der Waals surface area contributed by atoms with E-state index in [-0.39, 0.29) is 16.2 Å². The number of hydrogen-bond donors (Lipinski definition) is 2. The molecule has 0 fully saturated rings. The van der Waals surface area contributed by atoms with Gasteiger partial charge in [0.15, 0.2) is 5.82 Å². The number of anilines is 1. The van der Waals surface area contributed by atoms with Gasteiger partial charge in [-0.05, 0) is 48.1 Å². The third kappa shape index (κ3) is 4.91. The summed E-state index contributed by atoms with van der Waals surface area (Å²) in [5.74, 6) is -0.841. The second kappa shape index (κ2) is 7.53. The van der Waals surface area contributed by atoms with Crippen LogP contribution < -0.4 is 10.5 Å². The highest BCUT2D eigenvalue weighted by molar-refractivity contribution is 9.10. The maximum Gasteiger partial charge on any atom is 0.243 e. The van der Waals surface area contributed by atoms with Crippen molar-refractivity contribution in [1.82, 2.24) is 9.62 Å². The first kappa shape index (κ1) is 18.3. The van der Waals surface area contributed by atoms with Crippen LogP contribution in [0.15, 0.2) is 21.5 Å². The molecular formula is C13H21BrFN3O2S. The summed E-state index contributed by atoms with van der Waals surface area (Å²) in [7, 11) is -3.96. The molecule has 3 N–H and O–H groups in total. The average molecular weight is 382 g/mol. The molecule has 0 spiro atoms. The molecule has 1 aromatic rings. The number of rotatable bonds is 7. The number of nitrogens with two attached hydrogens (primary N) is 1. The average Bonchev–Trinajstić information content (AvgIpc) is 2.39. The van der Waals surface area contributed by atoms with E-state index in [2.05, 4.69) is 25.6 Å². The van der Waals surface area contributed by atoms with Crippen LogP contribution in [0, 0.1) is 5.82 Å². The van der Waals surface area contributed by atoms with Crippen LogP contribution in [-0.4, -0.2) is 39.0 Å². The summed E-state index contributed by atoms with van der Waals surface area (Å²) in [6.45, 7) is 7.94. The molecule has 0 radical (unpaired) electrons. The third-order valence-corrected chi connectivity index (χ3v) is 5.26. The van der Waals surface area contributed by atoms with Crippen molar-refractivity contribution in [2.24, 2.45) is 0 Å². The molecule has 0 bridgehead atoms. The van der Waals surface area contributed by atoms with Gasteiger partial charge in [0, 0.05) is 18.3 Å². The van der Waals surface area contributed by atoms with E-state index in [0.717, 1.165) is 19.2 Å². The summed E-state index contributed by atoms with van der Waals surface area (Å²) >= 11 is 2.96. The summed E-state index contributed by atoms with van der Waals surface area (Å²) in [6, 6.07) is 2.11. The Balaban J connectivity index is 2.97. The van der Waals surface area contributed by atoms with Crippen LogP contribution in [0.25, 0.3) is 0 Å². The molecule has 0 heterocycles. The predicted octanol–water partition coefficient (Wildman–Crippen LogP) is 2.18. The molecule has 1 unspecified atom stereocenters. The van der Waals surface area contributed by atoms with Gasteiger partial charge >= 0.3 is 0 Å². The SMILES string of the molecule is CCN(CC)CC(C)NS(=O)(=O)c1cc(N)cc(Br)c1F. The van der Waals surface area contributed by atoms with E-state index in [0.29, 0.717) is 6.54 Å². The number of halogens is 2. The first-order valence-corrected chi connectivity index (χ1v) is 8.98. The van der Waals surface area contributed by atoms with Crippen molar-refractivity contribution < 1.29 is 12.8 Å². The first-order chi connectivity index (χ1) is 9.71. The molecule has 0 aliphatic heterocycles. The number of nitrogens with zero attached hydrogens (tertiary/aromatic N) is 1. The number of nitrogen functional groups attached to an aromatic ring is 1. The molecule has 0 aromatic heterocycles. The Bertz CT molecular complexity index is 591. The minimum absolute atomic E-state index is 0.0271. The van der Waals surface area contributed by atoms with E-state index in [1.54, 1.807) is 6.92 Å². The smallest absolute Gasteiger partial charge is 0.243 e. The molecule has 0 amide bonds. The van der Waals surface area contributed by atoms with E-state index < -0.39 is 20.7 Å². The summed E-state index contributed by atoms with van der Waals surface area (Å²) in [6.07, 6.45) is 0. The molecule has 5 nitrogen and oxygen atoms in total. The van der Waals surface area contributed by atoms with Gasteiger partial charge in [-0.25, -0.2) is 17.5 Å². The lowest BCUT2D eigenvalue weighted by atomic mass is 10.3. The van der Waals surface area contributed by atoms with Crippen LogP contribution in [0.5, 0.6) is 0 Å². The van der Waals surface area contributed by atoms with Gasteiger partial charge in [0.25, 0.3) is 0 Å². The van der Waals surface area contributed by atoms with Crippen molar-refractivity contribution in [3.8, 4) is 0 Å². The van der Waals surface area contributed by atoms with Gasteiger partial charge in [-0.15, -0.1) is 0 Å². The molecule has 120 valence electrons. The van der Waals surface area contributed by atoms with Crippen molar-refractivity contribution in [3.05, 3.63) is 22.4 Å². The fraction of sp³-hybridized carbons (Fsp3) is 0.538. The van der Waals surface area contributed by atoms with Gasteiger partial charge in [0.05, 0.1) is 4.47 Å².